The van der Waals surface area contributed by atoms with Crippen LogP contribution in [0.4, 0.5) is 0 Å². The van der Waals surface area contributed by atoms with Crippen molar-refractivity contribution < 1.29 is 4.74 Å². The zero-order valence-electron chi connectivity index (χ0n) is 9.40. The minimum Gasteiger partial charge on any atom is -0.378 e. The second-order valence-corrected chi connectivity index (χ2v) is 4.73. The molecule has 88 valence electrons. The molecule has 2 rings (SSSR count). The minimum atomic E-state index is 0.694. The van der Waals surface area contributed by atoms with Gasteiger partial charge in [0.2, 0.25) is 0 Å². The first-order chi connectivity index (χ1) is 8.29. The van der Waals surface area contributed by atoms with E-state index in [0.29, 0.717) is 5.57 Å². The van der Waals surface area contributed by atoms with E-state index in [1.54, 1.807) is 0 Å². The van der Waals surface area contributed by atoms with E-state index in [2.05, 4.69) is 26.9 Å². The van der Waals surface area contributed by atoms with Crippen molar-refractivity contribution >= 4 is 21.5 Å². The molecular weight excluding hydrogens is 280 g/mol. The Kier molecular flexibility index (Phi) is 4.18. The molecule has 3 nitrogen and oxygen atoms in total. The van der Waals surface area contributed by atoms with E-state index in [-0.39, 0.29) is 0 Å². The van der Waals surface area contributed by atoms with Crippen LogP contribution in [0, 0.1) is 11.3 Å². The Balaban J connectivity index is 2.18. The van der Waals surface area contributed by atoms with Crippen LogP contribution < -0.4 is 0 Å². The number of allylic oxidation sites excluding steroid dienone is 1. The molecule has 4 heteroatoms. The number of hydrogen-bond acceptors (Lipinski definition) is 3. The third-order valence-corrected chi connectivity index (χ3v) is 3.16. The van der Waals surface area contributed by atoms with Gasteiger partial charge in [0, 0.05) is 23.8 Å². The summed E-state index contributed by atoms with van der Waals surface area (Å²) in [5.41, 5.74) is 1.64. The summed E-state index contributed by atoms with van der Waals surface area (Å²) in [6, 6.07) is 10.0. The Labute approximate surface area is 109 Å². The lowest BCUT2D eigenvalue weighted by molar-refractivity contribution is 0.0596. The number of halogens is 1. The standard InChI is InChI=1S/C13H13BrN2O/c14-13-3-1-11(2-4-13)12(9-15)10-16-5-7-17-8-6-16/h1-4,10H,5-8H2. The molecule has 0 spiro atoms. The van der Waals surface area contributed by atoms with Crippen molar-refractivity contribution in [1.29, 1.82) is 5.26 Å². The Morgan fingerprint density at radius 3 is 2.53 bits per heavy atom. The molecule has 0 aliphatic carbocycles. The van der Waals surface area contributed by atoms with Gasteiger partial charge in [-0.15, -0.1) is 0 Å². The Bertz CT molecular complexity index is 441. The fourth-order valence-electron chi connectivity index (χ4n) is 1.69. The Morgan fingerprint density at radius 2 is 1.94 bits per heavy atom. The number of ether oxygens (including phenoxy) is 1. The van der Waals surface area contributed by atoms with Gasteiger partial charge in [0.1, 0.15) is 6.07 Å². The second kappa shape index (κ2) is 5.85. The number of nitriles is 1. The van der Waals surface area contributed by atoms with Crippen molar-refractivity contribution in [2.45, 2.75) is 0 Å². The summed E-state index contributed by atoms with van der Waals surface area (Å²) in [5, 5.41) is 9.19. The molecule has 0 unspecified atom stereocenters. The molecule has 1 aromatic rings. The highest BCUT2D eigenvalue weighted by Gasteiger charge is 2.08. The van der Waals surface area contributed by atoms with Gasteiger partial charge in [-0.3, -0.25) is 0 Å². The van der Waals surface area contributed by atoms with Crippen LogP contribution in [-0.2, 0) is 4.74 Å². The topological polar surface area (TPSA) is 36.3 Å². The van der Waals surface area contributed by atoms with Crippen LogP contribution in [0.2, 0.25) is 0 Å². The molecular formula is C13H13BrN2O. The average molecular weight is 293 g/mol. The van der Waals surface area contributed by atoms with Gasteiger partial charge in [-0.2, -0.15) is 5.26 Å². The molecule has 1 aliphatic heterocycles. The Hall–Kier alpha value is -1.31. The molecule has 0 amide bonds. The maximum Gasteiger partial charge on any atom is 0.101 e. The number of nitrogens with zero attached hydrogens (tertiary/aromatic N) is 2. The number of morpholine rings is 1. The molecule has 0 N–H and O–H groups in total. The second-order valence-electron chi connectivity index (χ2n) is 3.81. The molecule has 1 saturated heterocycles. The molecule has 0 atom stereocenters. The van der Waals surface area contributed by atoms with E-state index in [9.17, 15) is 5.26 Å². The van der Waals surface area contributed by atoms with Gasteiger partial charge in [0.05, 0.1) is 18.8 Å². The van der Waals surface area contributed by atoms with E-state index in [0.717, 1.165) is 36.3 Å². The quantitative estimate of drug-likeness (QED) is 0.787. The van der Waals surface area contributed by atoms with E-state index in [1.165, 1.54) is 0 Å². The highest BCUT2D eigenvalue weighted by molar-refractivity contribution is 9.10. The van der Waals surface area contributed by atoms with Gasteiger partial charge in [0.25, 0.3) is 0 Å². The van der Waals surface area contributed by atoms with Crippen molar-refractivity contribution in [2.75, 3.05) is 26.3 Å². The fourth-order valence-corrected chi connectivity index (χ4v) is 1.95. The largest absolute Gasteiger partial charge is 0.378 e. The zero-order chi connectivity index (χ0) is 12.1. The van der Waals surface area contributed by atoms with Crippen molar-refractivity contribution in [2.24, 2.45) is 0 Å². The third kappa shape index (κ3) is 3.32. The van der Waals surface area contributed by atoms with Crippen LogP contribution in [0.15, 0.2) is 34.9 Å². The van der Waals surface area contributed by atoms with Crippen LogP contribution in [0.25, 0.3) is 5.57 Å². The first-order valence-corrected chi connectivity index (χ1v) is 6.28. The molecule has 0 saturated carbocycles. The van der Waals surface area contributed by atoms with E-state index in [1.807, 2.05) is 30.5 Å². The first-order valence-electron chi connectivity index (χ1n) is 5.49. The molecule has 17 heavy (non-hydrogen) atoms. The van der Waals surface area contributed by atoms with Crippen molar-refractivity contribution in [1.82, 2.24) is 4.90 Å². The summed E-state index contributed by atoms with van der Waals surface area (Å²) in [6.45, 7) is 3.16. The summed E-state index contributed by atoms with van der Waals surface area (Å²) >= 11 is 3.39. The van der Waals surface area contributed by atoms with Gasteiger partial charge in [-0.25, -0.2) is 0 Å². The van der Waals surface area contributed by atoms with Crippen LogP contribution in [-0.4, -0.2) is 31.2 Å². The average Bonchev–Trinajstić information content (AvgIpc) is 2.38. The number of benzene rings is 1. The zero-order valence-corrected chi connectivity index (χ0v) is 11.0. The third-order valence-electron chi connectivity index (χ3n) is 2.63. The van der Waals surface area contributed by atoms with Gasteiger partial charge in [-0.1, -0.05) is 28.1 Å². The SMILES string of the molecule is N#CC(=CN1CCOCC1)c1ccc(Br)cc1. The van der Waals surface area contributed by atoms with Crippen LogP contribution >= 0.6 is 15.9 Å². The van der Waals surface area contributed by atoms with Gasteiger partial charge >= 0.3 is 0 Å². The lowest BCUT2D eigenvalue weighted by Gasteiger charge is -2.25. The maximum atomic E-state index is 9.19. The number of hydrogen-bond donors (Lipinski definition) is 0. The van der Waals surface area contributed by atoms with Crippen LogP contribution in [0.3, 0.4) is 0 Å². The summed E-state index contributed by atoms with van der Waals surface area (Å²) < 4.78 is 6.29. The fraction of sp³-hybridized carbons (Fsp3) is 0.308. The van der Waals surface area contributed by atoms with E-state index >= 15 is 0 Å². The first kappa shape index (κ1) is 12.2. The minimum absolute atomic E-state index is 0.694. The van der Waals surface area contributed by atoms with E-state index < -0.39 is 0 Å². The van der Waals surface area contributed by atoms with Gasteiger partial charge < -0.3 is 9.64 Å². The Morgan fingerprint density at radius 1 is 1.29 bits per heavy atom. The smallest absolute Gasteiger partial charge is 0.101 e. The molecule has 1 aromatic carbocycles. The monoisotopic (exact) mass is 292 g/mol. The highest BCUT2D eigenvalue weighted by Crippen LogP contribution is 2.18. The molecule has 1 fully saturated rings. The van der Waals surface area contributed by atoms with Crippen LogP contribution in [0.1, 0.15) is 5.56 Å². The van der Waals surface area contributed by atoms with Crippen molar-refractivity contribution in [3.8, 4) is 6.07 Å². The molecule has 0 radical (unpaired) electrons. The predicted octanol–water partition coefficient (Wildman–Crippen LogP) is 2.65. The molecule has 1 aliphatic rings. The summed E-state index contributed by atoms with van der Waals surface area (Å²) in [5.74, 6) is 0. The lowest BCUT2D eigenvalue weighted by atomic mass is 10.1. The van der Waals surface area contributed by atoms with Crippen molar-refractivity contribution in [3.63, 3.8) is 0 Å². The summed E-state index contributed by atoms with van der Waals surface area (Å²) in [4.78, 5) is 2.13. The van der Waals surface area contributed by atoms with Crippen LogP contribution in [0.5, 0.6) is 0 Å². The predicted molar refractivity (Wildman–Crippen MR) is 70.1 cm³/mol. The highest BCUT2D eigenvalue weighted by atomic mass is 79.9. The number of rotatable bonds is 2. The normalized spacial score (nSPS) is 16.7. The summed E-state index contributed by atoms with van der Waals surface area (Å²) in [7, 11) is 0. The molecule has 1 heterocycles. The van der Waals surface area contributed by atoms with Gasteiger partial charge in [-0.05, 0) is 17.7 Å². The van der Waals surface area contributed by atoms with E-state index in [4.69, 9.17) is 4.74 Å². The molecule has 0 aromatic heterocycles. The molecule has 0 bridgehead atoms. The maximum absolute atomic E-state index is 9.19. The van der Waals surface area contributed by atoms with Crippen molar-refractivity contribution in [3.05, 3.63) is 40.5 Å². The lowest BCUT2D eigenvalue weighted by Crippen LogP contribution is -2.32. The summed E-state index contributed by atoms with van der Waals surface area (Å²) in [6.07, 6.45) is 1.92. The van der Waals surface area contributed by atoms with Gasteiger partial charge in [0.15, 0.2) is 0 Å².